The third-order valence-electron chi connectivity index (χ3n) is 5.72. The van der Waals surface area contributed by atoms with Crippen molar-refractivity contribution in [3.8, 4) is 0 Å². The van der Waals surface area contributed by atoms with Gasteiger partial charge >= 0.3 is 5.97 Å². The van der Waals surface area contributed by atoms with E-state index < -0.39 is 11.4 Å². The highest BCUT2D eigenvalue weighted by atomic mass is 35.5. The molecule has 1 aliphatic heterocycles. The lowest BCUT2D eigenvalue weighted by atomic mass is 9.81. The van der Waals surface area contributed by atoms with E-state index in [1.807, 2.05) is 11.8 Å². The van der Waals surface area contributed by atoms with E-state index in [0.717, 1.165) is 18.4 Å². The number of hydrogen-bond donors (Lipinski definition) is 1. The summed E-state index contributed by atoms with van der Waals surface area (Å²) in [4.78, 5) is 28.1. The van der Waals surface area contributed by atoms with Crippen LogP contribution in [-0.4, -0.2) is 53.0 Å². The van der Waals surface area contributed by atoms with E-state index in [4.69, 9.17) is 0 Å². The quantitative estimate of drug-likeness (QED) is 0.819. The van der Waals surface area contributed by atoms with Crippen LogP contribution < -0.4 is 0 Å². The molecule has 0 unspecified atom stereocenters. The van der Waals surface area contributed by atoms with Crippen molar-refractivity contribution in [1.29, 1.82) is 0 Å². The molecule has 1 saturated heterocycles. The summed E-state index contributed by atoms with van der Waals surface area (Å²) < 4.78 is 13.3. The summed E-state index contributed by atoms with van der Waals surface area (Å²) in [6, 6.07) is 6.27. The molecule has 7 heteroatoms. The second-order valence-electron chi connectivity index (χ2n) is 7.26. The number of halogens is 2. The number of hydrogen-bond acceptors (Lipinski definition) is 3. The van der Waals surface area contributed by atoms with Crippen LogP contribution in [0.2, 0.25) is 0 Å². The van der Waals surface area contributed by atoms with E-state index in [0.29, 0.717) is 32.6 Å². The molecule has 2 aliphatic rings. The third-order valence-corrected chi connectivity index (χ3v) is 5.72. The lowest BCUT2D eigenvalue weighted by Crippen LogP contribution is -2.41. The van der Waals surface area contributed by atoms with Gasteiger partial charge in [0, 0.05) is 26.2 Å². The number of nitrogens with zero attached hydrogens (tertiary/aromatic N) is 2. The number of rotatable bonds is 6. The fourth-order valence-corrected chi connectivity index (χ4v) is 4.39. The molecule has 0 aromatic heterocycles. The van der Waals surface area contributed by atoms with E-state index >= 15 is 0 Å². The van der Waals surface area contributed by atoms with Gasteiger partial charge in [0.05, 0.1) is 12.0 Å². The summed E-state index contributed by atoms with van der Waals surface area (Å²) in [6.07, 6.45) is 2.59. The highest BCUT2D eigenvalue weighted by Gasteiger charge is 2.54. The van der Waals surface area contributed by atoms with Crippen molar-refractivity contribution in [1.82, 2.24) is 9.80 Å². The minimum Gasteiger partial charge on any atom is -0.481 e. The molecule has 0 radical (unpaired) electrons. The first kappa shape index (κ1) is 20.6. The summed E-state index contributed by atoms with van der Waals surface area (Å²) in [7, 11) is 0. The molecular weight excluding hydrogens is 359 g/mol. The van der Waals surface area contributed by atoms with Crippen LogP contribution >= 0.6 is 12.4 Å². The van der Waals surface area contributed by atoms with E-state index in [2.05, 4.69) is 0 Å². The maximum Gasteiger partial charge on any atom is 0.311 e. The van der Waals surface area contributed by atoms with Crippen molar-refractivity contribution in [3.05, 3.63) is 35.6 Å². The van der Waals surface area contributed by atoms with Crippen LogP contribution in [0.3, 0.4) is 0 Å². The minimum atomic E-state index is -0.725. The number of carbonyl (C=O) groups excluding carboxylic acids is 1. The zero-order valence-corrected chi connectivity index (χ0v) is 15.8. The molecule has 1 saturated carbocycles. The number of carbonyl (C=O) groups is 2. The molecular formula is C19H26ClFN2O3. The predicted molar refractivity (Wildman–Crippen MR) is 98.6 cm³/mol. The summed E-state index contributed by atoms with van der Waals surface area (Å²) in [5.41, 5.74) is 0.0929. The van der Waals surface area contributed by atoms with Crippen LogP contribution in [0.4, 0.5) is 4.39 Å². The van der Waals surface area contributed by atoms with Crippen LogP contribution in [0, 0.1) is 17.2 Å². The summed E-state index contributed by atoms with van der Waals surface area (Å²) >= 11 is 0. The van der Waals surface area contributed by atoms with Gasteiger partial charge in [-0.2, -0.15) is 0 Å². The zero-order valence-electron chi connectivity index (χ0n) is 15.0. The van der Waals surface area contributed by atoms with Crippen LogP contribution in [0.25, 0.3) is 0 Å². The molecule has 1 aromatic rings. The molecule has 1 amide bonds. The Morgan fingerprint density at radius 3 is 2.81 bits per heavy atom. The Labute approximate surface area is 159 Å². The Morgan fingerprint density at radius 1 is 1.42 bits per heavy atom. The van der Waals surface area contributed by atoms with Crippen molar-refractivity contribution in [2.45, 2.75) is 32.7 Å². The third kappa shape index (κ3) is 4.01. The molecule has 144 valence electrons. The number of carboxylic acid groups (broad SMARTS) is 1. The lowest BCUT2D eigenvalue weighted by molar-refractivity contribution is -0.149. The number of carboxylic acids is 1. The number of amides is 1. The molecule has 0 bridgehead atoms. The molecule has 2 fully saturated rings. The highest BCUT2D eigenvalue weighted by molar-refractivity contribution is 5.85. The van der Waals surface area contributed by atoms with Crippen LogP contribution in [0.1, 0.15) is 31.7 Å². The van der Waals surface area contributed by atoms with E-state index in [1.54, 1.807) is 17.0 Å². The van der Waals surface area contributed by atoms with Gasteiger partial charge in [-0.15, -0.1) is 12.4 Å². The van der Waals surface area contributed by atoms with Crippen LogP contribution in [0.15, 0.2) is 24.3 Å². The second kappa shape index (κ2) is 8.35. The number of benzene rings is 1. The summed E-state index contributed by atoms with van der Waals surface area (Å²) in [5, 5.41) is 9.64. The maximum atomic E-state index is 13.3. The Hall–Kier alpha value is -1.66. The van der Waals surface area contributed by atoms with Gasteiger partial charge in [0.1, 0.15) is 5.82 Å². The first-order chi connectivity index (χ1) is 11.9. The molecule has 26 heavy (non-hydrogen) atoms. The van der Waals surface area contributed by atoms with Gasteiger partial charge in [0.25, 0.3) is 0 Å². The van der Waals surface area contributed by atoms with Crippen LogP contribution in [-0.2, 0) is 16.1 Å². The first-order valence-corrected chi connectivity index (χ1v) is 8.92. The summed E-state index contributed by atoms with van der Waals surface area (Å²) in [6.45, 7) is 4.17. The van der Waals surface area contributed by atoms with Gasteiger partial charge in [-0.1, -0.05) is 18.6 Å². The smallest absolute Gasteiger partial charge is 0.311 e. The molecule has 2 atom stereocenters. The Kier molecular flexibility index (Phi) is 6.64. The lowest BCUT2D eigenvalue weighted by Gasteiger charge is -2.26. The molecule has 1 aliphatic carbocycles. The SMILES string of the molecule is CCN(Cc1cccc(F)c1)C(=O)CN1C[C@@H]2CCC[C@@]2(C(=O)O)C1.Cl. The fraction of sp³-hybridized carbons (Fsp3) is 0.579. The molecule has 3 rings (SSSR count). The second-order valence-corrected chi connectivity index (χ2v) is 7.26. The van der Waals surface area contributed by atoms with Gasteiger partial charge in [-0.3, -0.25) is 14.5 Å². The van der Waals surface area contributed by atoms with Gasteiger partial charge in [0.2, 0.25) is 5.91 Å². The highest BCUT2D eigenvalue weighted by Crippen LogP contribution is 2.48. The van der Waals surface area contributed by atoms with Crippen LogP contribution in [0.5, 0.6) is 0 Å². The van der Waals surface area contributed by atoms with Crippen molar-refractivity contribution in [3.63, 3.8) is 0 Å². The minimum absolute atomic E-state index is 0. The van der Waals surface area contributed by atoms with Gasteiger partial charge < -0.3 is 10.0 Å². The number of likely N-dealkylation sites (tertiary alicyclic amines) is 1. The molecule has 1 N–H and O–H groups in total. The molecule has 1 aromatic carbocycles. The average molecular weight is 385 g/mol. The Bertz CT molecular complexity index is 672. The number of fused-ring (bicyclic) bond motifs is 1. The van der Waals surface area contributed by atoms with Gasteiger partial charge in [-0.05, 0) is 43.4 Å². The van der Waals surface area contributed by atoms with Crippen molar-refractivity contribution in [2.24, 2.45) is 11.3 Å². The topological polar surface area (TPSA) is 60.9 Å². The predicted octanol–water partition coefficient (Wildman–Crippen LogP) is 2.78. The molecule has 1 heterocycles. The molecule has 5 nitrogen and oxygen atoms in total. The van der Waals surface area contributed by atoms with Gasteiger partial charge in [0.15, 0.2) is 0 Å². The Morgan fingerprint density at radius 2 is 2.19 bits per heavy atom. The van der Waals surface area contributed by atoms with E-state index in [9.17, 15) is 19.1 Å². The van der Waals surface area contributed by atoms with E-state index in [-0.39, 0.29) is 36.6 Å². The molecule has 0 spiro atoms. The first-order valence-electron chi connectivity index (χ1n) is 8.92. The monoisotopic (exact) mass is 384 g/mol. The average Bonchev–Trinajstić information content (AvgIpc) is 3.10. The zero-order chi connectivity index (χ0) is 18.0. The van der Waals surface area contributed by atoms with Crippen molar-refractivity contribution in [2.75, 3.05) is 26.2 Å². The van der Waals surface area contributed by atoms with Crippen molar-refractivity contribution < 1.29 is 19.1 Å². The van der Waals surface area contributed by atoms with Crippen molar-refractivity contribution >= 4 is 24.3 Å². The van der Waals surface area contributed by atoms with Gasteiger partial charge in [-0.25, -0.2) is 4.39 Å². The largest absolute Gasteiger partial charge is 0.481 e. The Balaban J connectivity index is 0.00000243. The number of aliphatic carboxylic acids is 1. The van der Waals surface area contributed by atoms with E-state index in [1.165, 1.54) is 12.1 Å². The number of likely N-dealkylation sites (N-methyl/N-ethyl adjacent to an activating group) is 1. The summed E-state index contributed by atoms with van der Waals surface area (Å²) in [5.74, 6) is -0.919. The fourth-order valence-electron chi connectivity index (χ4n) is 4.39. The normalized spacial score (nSPS) is 24.8. The maximum absolute atomic E-state index is 13.3. The standard InChI is InChI=1S/C19H25FN2O3.ClH/c1-2-22(10-14-5-3-7-16(20)9-14)17(23)12-21-11-15-6-4-8-19(15,13-21)18(24)25;/h3,5,7,9,15H,2,4,6,8,10-13H2,1H3,(H,24,25);1H/t15-,19+;/m0./s1.